The quantitative estimate of drug-likeness (QED) is 0.524. The summed E-state index contributed by atoms with van der Waals surface area (Å²) in [6, 6.07) is 0. The van der Waals surface area contributed by atoms with E-state index in [9.17, 15) is 17.8 Å². The van der Waals surface area contributed by atoms with Crippen molar-refractivity contribution >= 4 is 16.4 Å². The molecule has 3 aliphatic carbocycles. The molecule has 1 aliphatic heterocycles. The summed E-state index contributed by atoms with van der Waals surface area (Å²) in [4.78, 5) is 11.9. The fourth-order valence-electron chi connectivity index (χ4n) is 8.58. The highest BCUT2D eigenvalue weighted by Gasteiger charge is 2.67. The van der Waals surface area contributed by atoms with Crippen molar-refractivity contribution in [2.45, 2.75) is 97.7 Å². The summed E-state index contributed by atoms with van der Waals surface area (Å²) in [6.45, 7) is 11.1. The van der Waals surface area contributed by atoms with Gasteiger partial charge in [0.05, 0.1) is 6.10 Å². The van der Waals surface area contributed by atoms with Crippen LogP contribution in [0.4, 0.5) is 0 Å². The fraction of sp³-hybridized carbons (Fsp3) is 0.955. The summed E-state index contributed by atoms with van der Waals surface area (Å²) in [5.74, 6) is 1.15. The number of carbonyl (C=O) groups excluding carboxylic acids is 1. The van der Waals surface area contributed by atoms with Crippen LogP contribution in [0.25, 0.3) is 0 Å². The Morgan fingerprint density at radius 3 is 2.07 bits per heavy atom. The number of carbonyl (C=O) groups is 1. The average Bonchev–Trinajstić information content (AvgIpc) is 3.10. The third-order valence-corrected chi connectivity index (χ3v) is 10.2. The van der Waals surface area contributed by atoms with Gasteiger partial charge in [0.15, 0.2) is 0 Å². The van der Waals surface area contributed by atoms with Crippen molar-refractivity contribution in [3.63, 3.8) is 0 Å². The van der Waals surface area contributed by atoms with Gasteiger partial charge in [-0.3, -0.25) is 9.35 Å². The maximum absolute atomic E-state index is 11.9. The molecular weight excluding hydrogens is 392 g/mol. The largest absolute Gasteiger partial charge is 0.459 e. The van der Waals surface area contributed by atoms with Gasteiger partial charge in [0.25, 0.3) is 0 Å². The lowest BCUT2D eigenvalue weighted by molar-refractivity contribution is -0.181. The van der Waals surface area contributed by atoms with Crippen LogP contribution < -0.4 is 0 Å². The number of hydrogen-bond acceptors (Lipinski definition) is 5. The Kier molecular flexibility index (Phi) is 4.78. The number of cyclic esters (lactones) is 1. The second-order valence-corrected chi connectivity index (χ2v) is 12.5. The van der Waals surface area contributed by atoms with E-state index in [-0.39, 0.29) is 27.8 Å². The summed E-state index contributed by atoms with van der Waals surface area (Å²) >= 11 is 0. The second kappa shape index (κ2) is 6.42. The molecule has 166 valence electrons. The molecule has 0 aromatic carbocycles. The first-order valence-corrected chi connectivity index (χ1v) is 12.5. The molecule has 0 bridgehead atoms. The van der Waals surface area contributed by atoms with Crippen molar-refractivity contribution in [2.75, 3.05) is 0 Å². The van der Waals surface area contributed by atoms with Crippen LogP contribution in [-0.4, -0.2) is 30.6 Å². The Balaban J connectivity index is 1.63. The first kappa shape index (κ1) is 21.6. The second-order valence-electron chi connectivity index (χ2n) is 11.4. The SMILES string of the molecule is CC1(C)C2CC[C@]3(C)[C@H](CC[C@@H]3[C@]3(C)CCC(=O)O3)[C@@]2(C)CC[C@@H]1OS(=O)(=O)O. The molecule has 1 N–H and O–H groups in total. The molecule has 4 fully saturated rings. The zero-order chi connectivity index (χ0) is 21.5. The zero-order valence-electron chi connectivity index (χ0n) is 18.4. The molecule has 7 atom stereocenters. The van der Waals surface area contributed by atoms with Gasteiger partial charge < -0.3 is 4.74 Å². The Hall–Kier alpha value is -0.660. The highest BCUT2D eigenvalue weighted by molar-refractivity contribution is 7.80. The van der Waals surface area contributed by atoms with Crippen molar-refractivity contribution in [2.24, 2.45) is 34.0 Å². The molecule has 3 saturated carbocycles. The highest BCUT2D eigenvalue weighted by atomic mass is 32.3. The molecule has 4 aliphatic rings. The van der Waals surface area contributed by atoms with Crippen molar-refractivity contribution in [1.29, 1.82) is 0 Å². The molecule has 0 aromatic heterocycles. The standard InChI is InChI=1S/C22H36O6S/c1-19(2)14-8-11-21(4)15(6-7-16(21)22(5)13-10-18(23)27-22)20(14,3)12-9-17(19)28-29(24,25)26/h14-17H,6-13H2,1-5H3,(H,24,25,26)/t14?,15-,16+,17+,20+,21-,22+/m1/s1. The van der Waals surface area contributed by atoms with Crippen molar-refractivity contribution in [1.82, 2.24) is 0 Å². The topological polar surface area (TPSA) is 89.9 Å². The van der Waals surface area contributed by atoms with E-state index >= 15 is 0 Å². The minimum Gasteiger partial charge on any atom is -0.459 e. The van der Waals surface area contributed by atoms with Crippen LogP contribution in [0.1, 0.15) is 86.0 Å². The van der Waals surface area contributed by atoms with Gasteiger partial charge in [-0.15, -0.1) is 0 Å². The summed E-state index contributed by atoms with van der Waals surface area (Å²) in [5.41, 5.74) is -0.489. The lowest BCUT2D eigenvalue weighted by Crippen LogP contribution is -2.59. The molecule has 1 saturated heterocycles. The van der Waals surface area contributed by atoms with E-state index < -0.39 is 16.5 Å². The predicted molar refractivity (Wildman–Crippen MR) is 108 cm³/mol. The van der Waals surface area contributed by atoms with Gasteiger partial charge in [0.1, 0.15) is 5.60 Å². The molecule has 0 spiro atoms. The number of rotatable bonds is 3. The number of esters is 1. The molecule has 1 unspecified atom stereocenters. The molecule has 29 heavy (non-hydrogen) atoms. The zero-order valence-corrected chi connectivity index (χ0v) is 19.2. The molecule has 0 amide bonds. The molecule has 6 nitrogen and oxygen atoms in total. The van der Waals surface area contributed by atoms with Gasteiger partial charge in [-0.25, -0.2) is 4.18 Å². The van der Waals surface area contributed by atoms with E-state index in [0.29, 0.717) is 30.6 Å². The number of hydrogen-bond donors (Lipinski definition) is 1. The van der Waals surface area contributed by atoms with E-state index in [0.717, 1.165) is 38.5 Å². The predicted octanol–water partition coefficient (Wildman–Crippen LogP) is 4.54. The van der Waals surface area contributed by atoms with Crippen molar-refractivity contribution in [3.05, 3.63) is 0 Å². The van der Waals surface area contributed by atoms with Crippen molar-refractivity contribution < 1.29 is 26.7 Å². The van der Waals surface area contributed by atoms with Gasteiger partial charge in [-0.05, 0) is 80.0 Å². The van der Waals surface area contributed by atoms with Gasteiger partial charge in [0, 0.05) is 12.3 Å². The summed E-state index contributed by atoms with van der Waals surface area (Å²) < 4.78 is 43.1. The normalized spacial score (nSPS) is 49.4. The van der Waals surface area contributed by atoms with Crippen LogP contribution in [0.3, 0.4) is 0 Å². The van der Waals surface area contributed by atoms with Crippen LogP contribution in [0.5, 0.6) is 0 Å². The third-order valence-electron chi connectivity index (χ3n) is 9.72. The van der Waals surface area contributed by atoms with Crippen LogP contribution in [0, 0.1) is 34.0 Å². The molecule has 0 radical (unpaired) electrons. The first-order valence-electron chi connectivity index (χ1n) is 11.1. The van der Waals surface area contributed by atoms with Crippen LogP contribution in [0.2, 0.25) is 0 Å². The van der Waals surface area contributed by atoms with Crippen LogP contribution in [0.15, 0.2) is 0 Å². The third kappa shape index (κ3) is 3.18. The monoisotopic (exact) mass is 428 g/mol. The molecule has 1 heterocycles. The lowest BCUT2D eigenvalue weighted by atomic mass is 9.42. The Labute approximate surface area is 175 Å². The first-order chi connectivity index (χ1) is 13.2. The minimum atomic E-state index is -4.46. The molecule has 4 rings (SSSR count). The van der Waals surface area contributed by atoms with Gasteiger partial charge >= 0.3 is 16.4 Å². The van der Waals surface area contributed by atoms with E-state index in [1.807, 2.05) is 0 Å². The maximum Gasteiger partial charge on any atom is 0.397 e. The minimum absolute atomic E-state index is 0.0662. The highest BCUT2D eigenvalue weighted by Crippen LogP contribution is 2.71. The summed E-state index contributed by atoms with van der Waals surface area (Å²) in [6.07, 6.45) is 6.63. The molecule has 0 aromatic rings. The Morgan fingerprint density at radius 2 is 1.48 bits per heavy atom. The maximum atomic E-state index is 11.9. The van der Waals surface area contributed by atoms with E-state index in [1.54, 1.807) is 0 Å². The smallest absolute Gasteiger partial charge is 0.397 e. The Bertz CT molecular complexity index is 806. The van der Waals surface area contributed by atoms with Gasteiger partial charge in [-0.2, -0.15) is 8.42 Å². The van der Waals surface area contributed by atoms with Crippen LogP contribution >= 0.6 is 0 Å². The molecule has 7 heteroatoms. The van der Waals surface area contributed by atoms with Gasteiger partial charge in [-0.1, -0.05) is 27.7 Å². The Morgan fingerprint density at radius 1 is 0.897 bits per heavy atom. The van der Waals surface area contributed by atoms with E-state index in [1.165, 1.54) is 0 Å². The summed E-state index contributed by atoms with van der Waals surface area (Å²) in [5, 5.41) is 0. The fourth-order valence-corrected chi connectivity index (χ4v) is 9.22. The average molecular weight is 429 g/mol. The van der Waals surface area contributed by atoms with Crippen LogP contribution in [-0.2, 0) is 24.1 Å². The summed E-state index contributed by atoms with van der Waals surface area (Å²) in [7, 11) is -4.46. The lowest BCUT2D eigenvalue weighted by Gasteiger charge is -2.63. The van der Waals surface area contributed by atoms with Crippen molar-refractivity contribution in [3.8, 4) is 0 Å². The number of fused-ring (bicyclic) bond motifs is 3. The molecular formula is C22H36O6S. The van der Waals surface area contributed by atoms with E-state index in [4.69, 9.17) is 8.92 Å². The van der Waals surface area contributed by atoms with Gasteiger partial charge in [0.2, 0.25) is 0 Å². The number of ether oxygens (including phenoxy) is 1. The van der Waals surface area contributed by atoms with E-state index in [2.05, 4.69) is 34.6 Å².